The quantitative estimate of drug-likeness (QED) is 0.812. The molecule has 1 saturated heterocycles. The molecule has 1 unspecified atom stereocenters. The van der Waals surface area contributed by atoms with Crippen LogP contribution in [0.2, 0.25) is 0 Å². The molecule has 1 aliphatic rings. The zero-order valence-corrected chi connectivity index (χ0v) is 12.5. The van der Waals surface area contributed by atoms with E-state index < -0.39 is 5.91 Å². The highest BCUT2D eigenvalue weighted by atomic mass is 16.2. The smallest absolute Gasteiger partial charge is 0.246 e. The van der Waals surface area contributed by atoms with Gasteiger partial charge in [0.25, 0.3) is 0 Å². The standard InChI is InChI=1S/C17H20N2O3/c1-2-3-9-15(20)18-16(21)12-19-11-14(10-17(19)22)13-7-5-4-6-8-13/h2,4-8,14H,1,3,9-12H2,(H,18,20,21). The lowest BCUT2D eigenvalue weighted by Gasteiger charge is -2.16. The molecule has 1 fully saturated rings. The third-order valence-corrected chi connectivity index (χ3v) is 3.67. The molecule has 1 N–H and O–H groups in total. The van der Waals surface area contributed by atoms with Gasteiger partial charge in [-0.2, -0.15) is 0 Å². The molecule has 0 aliphatic carbocycles. The van der Waals surface area contributed by atoms with Gasteiger partial charge >= 0.3 is 0 Å². The Bertz CT molecular complexity index is 569. The molecule has 1 aromatic carbocycles. The van der Waals surface area contributed by atoms with Gasteiger partial charge in [0, 0.05) is 25.3 Å². The number of carbonyl (C=O) groups excluding carboxylic acids is 3. The highest BCUT2D eigenvalue weighted by molar-refractivity contribution is 5.97. The first-order valence-corrected chi connectivity index (χ1v) is 7.36. The molecule has 5 heteroatoms. The SMILES string of the molecule is C=CCCC(=O)NC(=O)CN1CC(c2ccccc2)CC1=O. The fourth-order valence-corrected chi connectivity index (χ4v) is 2.54. The van der Waals surface area contributed by atoms with Crippen LogP contribution in [0.25, 0.3) is 0 Å². The molecule has 1 atom stereocenters. The summed E-state index contributed by atoms with van der Waals surface area (Å²) in [6.07, 6.45) is 2.79. The van der Waals surface area contributed by atoms with Gasteiger partial charge < -0.3 is 4.90 Å². The monoisotopic (exact) mass is 300 g/mol. The summed E-state index contributed by atoms with van der Waals surface area (Å²) in [5.41, 5.74) is 1.10. The van der Waals surface area contributed by atoms with Gasteiger partial charge in [-0.1, -0.05) is 36.4 Å². The predicted octanol–water partition coefficient (Wildman–Crippen LogP) is 1.61. The van der Waals surface area contributed by atoms with Crippen LogP contribution in [0, 0.1) is 0 Å². The van der Waals surface area contributed by atoms with E-state index in [-0.39, 0.29) is 30.7 Å². The molecule has 0 radical (unpaired) electrons. The largest absolute Gasteiger partial charge is 0.333 e. The molecule has 0 saturated carbocycles. The van der Waals surface area contributed by atoms with E-state index in [1.54, 1.807) is 6.08 Å². The Morgan fingerprint density at radius 1 is 1.27 bits per heavy atom. The Labute approximate surface area is 130 Å². The first kappa shape index (κ1) is 15.9. The summed E-state index contributed by atoms with van der Waals surface area (Å²) in [6.45, 7) is 3.97. The van der Waals surface area contributed by atoms with Crippen LogP contribution in [0.3, 0.4) is 0 Å². The van der Waals surface area contributed by atoms with Gasteiger partial charge in [0.15, 0.2) is 0 Å². The van der Waals surface area contributed by atoms with Gasteiger partial charge in [-0.25, -0.2) is 0 Å². The maximum atomic E-state index is 12.0. The molecule has 2 rings (SSSR count). The number of amides is 3. The average molecular weight is 300 g/mol. The van der Waals surface area contributed by atoms with Crippen LogP contribution >= 0.6 is 0 Å². The minimum Gasteiger partial charge on any atom is -0.333 e. The molecule has 0 bridgehead atoms. The number of carbonyl (C=O) groups is 3. The normalized spacial score (nSPS) is 17.4. The molecular formula is C17H20N2O3. The molecule has 3 amide bonds. The van der Waals surface area contributed by atoms with Crippen LogP contribution in [0.5, 0.6) is 0 Å². The van der Waals surface area contributed by atoms with Crippen molar-refractivity contribution in [3.63, 3.8) is 0 Å². The Morgan fingerprint density at radius 2 is 2.00 bits per heavy atom. The number of hydrogen-bond acceptors (Lipinski definition) is 3. The van der Waals surface area contributed by atoms with E-state index in [9.17, 15) is 14.4 Å². The summed E-state index contributed by atoms with van der Waals surface area (Å²) in [5.74, 6) is -0.715. The van der Waals surface area contributed by atoms with E-state index in [4.69, 9.17) is 0 Å². The topological polar surface area (TPSA) is 66.5 Å². The third kappa shape index (κ3) is 4.28. The molecule has 1 aromatic rings. The van der Waals surface area contributed by atoms with E-state index >= 15 is 0 Å². The lowest BCUT2D eigenvalue weighted by Crippen LogP contribution is -2.40. The summed E-state index contributed by atoms with van der Waals surface area (Å²) < 4.78 is 0. The number of hydrogen-bond donors (Lipinski definition) is 1. The summed E-state index contributed by atoms with van der Waals surface area (Å²) in [6, 6.07) is 9.78. The van der Waals surface area contributed by atoms with Crippen LogP contribution in [-0.2, 0) is 14.4 Å². The van der Waals surface area contributed by atoms with Crippen LogP contribution in [-0.4, -0.2) is 35.7 Å². The number of likely N-dealkylation sites (tertiary alicyclic amines) is 1. The van der Waals surface area contributed by atoms with Gasteiger partial charge in [-0.05, 0) is 12.0 Å². The van der Waals surface area contributed by atoms with Crippen LogP contribution in [0.4, 0.5) is 0 Å². The molecule has 5 nitrogen and oxygen atoms in total. The fraction of sp³-hybridized carbons (Fsp3) is 0.353. The molecule has 0 spiro atoms. The second-order valence-electron chi connectivity index (χ2n) is 5.38. The number of nitrogens with one attached hydrogen (secondary N) is 1. The van der Waals surface area contributed by atoms with Crippen molar-refractivity contribution in [1.82, 2.24) is 10.2 Å². The first-order chi connectivity index (χ1) is 10.6. The molecule has 0 aromatic heterocycles. The van der Waals surface area contributed by atoms with Gasteiger partial charge in [-0.3, -0.25) is 19.7 Å². The maximum absolute atomic E-state index is 12.0. The van der Waals surface area contributed by atoms with Gasteiger partial charge in [-0.15, -0.1) is 6.58 Å². The molecule has 116 valence electrons. The number of nitrogens with zero attached hydrogens (tertiary/aromatic N) is 1. The molecule has 1 aliphatic heterocycles. The highest BCUT2D eigenvalue weighted by Gasteiger charge is 2.31. The Balaban J connectivity index is 1.86. The van der Waals surface area contributed by atoms with Crippen LogP contribution in [0.1, 0.15) is 30.7 Å². The fourth-order valence-electron chi connectivity index (χ4n) is 2.54. The Kier molecular flexibility index (Phi) is 5.47. The number of allylic oxidation sites excluding steroid dienone is 1. The van der Waals surface area contributed by atoms with Gasteiger partial charge in [0.2, 0.25) is 17.7 Å². The van der Waals surface area contributed by atoms with E-state index in [2.05, 4.69) is 11.9 Å². The van der Waals surface area contributed by atoms with Crippen molar-refractivity contribution in [2.75, 3.05) is 13.1 Å². The van der Waals surface area contributed by atoms with Crippen LogP contribution < -0.4 is 5.32 Å². The summed E-state index contributed by atoms with van der Waals surface area (Å²) in [4.78, 5) is 36.8. The van der Waals surface area contributed by atoms with E-state index in [1.165, 1.54) is 4.90 Å². The molecule has 1 heterocycles. The van der Waals surface area contributed by atoms with Crippen molar-refractivity contribution in [1.29, 1.82) is 0 Å². The van der Waals surface area contributed by atoms with Crippen molar-refractivity contribution in [3.05, 3.63) is 48.6 Å². The van der Waals surface area contributed by atoms with E-state index in [0.29, 0.717) is 19.4 Å². The molecule has 22 heavy (non-hydrogen) atoms. The molecular weight excluding hydrogens is 280 g/mol. The Hall–Kier alpha value is -2.43. The first-order valence-electron chi connectivity index (χ1n) is 7.36. The average Bonchev–Trinajstić information content (AvgIpc) is 2.87. The van der Waals surface area contributed by atoms with E-state index in [0.717, 1.165) is 5.56 Å². The van der Waals surface area contributed by atoms with Gasteiger partial charge in [0.05, 0.1) is 6.54 Å². The zero-order valence-electron chi connectivity index (χ0n) is 12.5. The Morgan fingerprint density at radius 3 is 2.68 bits per heavy atom. The lowest BCUT2D eigenvalue weighted by molar-refractivity contribution is -0.136. The minimum absolute atomic E-state index is 0.0532. The second kappa shape index (κ2) is 7.54. The van der Waals surface area contributed by atoms with Crippen molar-refractivity contribution in [3.8, 4) is 0 Å². The number of benzene rings is 1. The summed E-state index contributed by atoms with van der Waals surface area (Å²) >= 11 is 0. The van der Waals surface area contributed by atoms with E-state index in [1.807, 2.05) is 30.3 Å². The van der Waals surface area contributed by atoms with Crippen molar-refractivity contribution < 1.29 is 14.4 Å². The summed E-state index contributed by atoms with van der Waals surface area (Å²) in [7, 11) is 0. The van der Waals surface area contributed by atoms with Crippen molar-refractivity contribution in [2.45, 2.75) is 25.2 Å². The third-order valence-electron chi connectivity index (χ3n) is 3.67. The number of imide groups is 1. The summed E-state index contributed by atoms with van der Waals surface area (Å²) in [5, 5.41) is 2.30. The second-order valence-corrected chi connectivity index (χ2v) is 5.38. The van der Waals surface area contributed by atoms with Gasteiger partial charge in [0.1, 0.15) is 0 Å². The highest BCUT2D eigenvalue weighted by Crippen LogP contribution is 2.27. The maximum Gasteiger partial charge on any atom is 0.246 e. The predicted molar refractivity (Wildman–Crippen MR) is 83.0 cm³/mol. The minimum atomic E-state index is -0.434. The van der Waals surface area contributed by atoms with Crippen molar-refractivity contribution >= 4 is 17.7 Å². The zero-order chi connectivity index (χ0) is 15.9. The lowest BCUT2D eigenvalue weighted by atomic mass is 9.99. The van der Waals surface area contributed by atoms with Crippen molar-refractivity contribution in [2.24, 2.45) is 0 Å². The number of rotatable bonds is 6. The van der Waals surface area contributed by atoms with Crippen LogP contribution in [0.15, 0.2) is 43.0 Å².